The number of hydrogen-bond acceptors (Lipinski definition) is 4. The van der Waals surface area contributed by atoms with Gasteiger partial charge in [-0.1, -0.05) is 12.1 Å². The second-order valence-electron chi connectivity index (χ2n) is 5.55. The largest absolute Gasteiger partial charge is 0.391 e. The second kappa shape index (κ2) is 5.74. The van der Waals surface area contributed by atoms with E-state index in [0.29, 0.717) is 24.3 Å². The van der Waals surface area contributed by atoms with Gasteiger partial charge in [-0.25, -0.2) is 9.37 Å². The summed E-state index contributed by atoms with van der Waals surface area (Å²) in [5, 5.41) is 19.4. The lowest BCUT2D eigenvalue weighted by molar-refractivity contribution is 0.194. The molecule has 22 heavy (non-hydrogen) atoms. The van der Waals surface area contributed by atoms with E-state index < -0.39 is 6.10 Å². The van der Waals surface area contributed by atoms with Gasteiger partial charge < -0.3 is 10.0 Å². The van der Waals surface area contributed by atoms with Crippen molar-refractivity contribution in [1.82, 2.24) is 4.98 Å². The molecule has 0 radical (unpaired) electrons. The third-order valence-electron chi connectivity index (χ3n) is 4.04. The van der Waals surface area contributed by atoms with Crippen LogP contribution >= 0.6 is 0 Å². The fourth-order valence-electron chi connectivity index (χ4n) is 2.98. The zero-order valence-electron chi connectivity index (χ0n) is 12.2. The second-order valence-corrected chi connectivity index (χ2v) is 5.55. The molecule has 112 valence electrons. The summed E-state index contributed by atoms with van der Waals surface area (Å²) in [6, 6.07) is 10.1. The number of aliphatic hydroxyl groups excluding tert-OH is 1. The number of hydrogen-bond donors (Lipinski definition) is 1. The van der Waals surface area contributed by atoms with Crippen molar-refractivity contribution in [2.75, 3.05) is 11.4 Å². The molecule has 2 atom stereocenters. The lowest BCUT2D eigenvalue weighted by atomic mass is 10.0. The van der Waals surface area contributed by atoms with E-state index in [9.17, 15) is 14.8 Å². The first-order valence-electron chi connectivity index (χ1n) is 7.16. The van der Waals surface area contributed by atoms with Crippen LogP contribution in [0.5, 0.6) is 0 Å². The maximum Gasteiger partial charge on any atom is 0.147 e. The van der Waals surface area contributed by atoms with E-state index in [0.717, 1.165) is 11.1 Å². The van der Waals surface area contributed by atoms with Crippen LogP contribution in [-0.2, 0) is 0 Å². The molecule has 2 aromatic rings. The summed E-state index contributed by atoms with van der Waals surface area (Å²) >= 11 is 0. The van der Waals surface area contributed by atoms with Gasteiger partial charge in [0.05, 0.1) is 17.7 Å². The number of β-amino-alcohol motifs (C(OH)–C–C–N with tert-alkyl or cyclic N) is 1. The zero-order chi connectivity index (χ0) is 15.7. The Morgan fingerprint density at radius 2 is 2.23 bits per heavy atom. The van der Waals surface area contributed by atoms with Gasteiger partial charge in [-0.05, 0) is 42.7 Å². The highest BCUT2D eigenvalue weighted by atomic mass is 19.1. The number of aliphatic hydroxyl groups is 1. The van der Waals surface area contributed by atoms with Gasteiger partial charge in [-0.15, -0.1) is 0 Å². The average Bonchev–Trinajstić information content (AvgIpc) is 2.89. The van der Waals surface area contributed by atoms with E-state index in [1.54, 1.807) is 18.3 Å². The van der Waals surface area contributed by atoms with Gasteiger partial charge in [-0.3, -0.25) is 0 Å². The van der Waals surface area contributed by atoms with Crippen molar-refractivity contribution in [3.8, 4) is 6.07 Å². The highest BCUT2D eigenvalue weighted by Crippen LogP contribution is 2.37. The van der Waals surface area contributed by atoms with Gasteiger partial charge in [0.15, 0.2) is 0 Å². The smallest absolute Gasteiger partial charge is 0.147 e. The quantitative estimate of drug-likeness (QED) is 0.926. The monoisotopic (exact) mass is 297 g/mol. The van der Waals surface area contributed by atoms with Gasteiger partial charge in [0.25, 0.3) is 0 Å². The number of aryl methyl sites for hydroxylation is 1. The molecule has 2 heterocycles. The van der Waals surface area contributed by atoms with Crippen LogP contribution < -0.4 is 4.90 Å². The third-order valence-corrected chi connectivity index (χ3v) is 4.04. The van der Waals surface area contributed by atoms with Crippen LogP contribution in [0.4, 0.5) is 10.2 Å². The molecule has 1 aliphatic heterocycles. The zero-order valence-corrected chi connectivity index (χ0v) is 12.2. The molecule has 0 bridgehead atoms. The molecule has 4 nitrogen and oxygen atoms in total. The molecule has 1 aromatic heterocycles. The van der Waals surface area contributed by atoms with E-state index in [4.69, 9.17) is 0 Å². The first-order valence-corrected chi connectivity index (χ1v) is 7.16. The summed E-state index contributed by atoms with van der Waals surface area (Å²) < 4.78 is 13.5. The lowest BCUT2D eigenvalue weighted by Crippen LogP contribution is -2.26. The molecule has 0 aliphatic carbocycles. The van der Waals surface area contributed by atoms with Gasteiger partial charge in [0, 0.05) is 12.7 Å². The van der Waals surface area contributed by atoms with Crippen LogP contribution in [0.3, 0.4) is 0 Å². The van der Waals surface area contributed by atoms with Crippen molar-refractivity contribution in [3.05, 3.63) is 59.0 Å². The van der Waals surface area contributed by atoms with Crippen molar-refractivity contribution in [3.63, 3.8) is 0 Å². The van der Waals surface area contributed by atoms with Crippen molar-refractivity contribution in [2.45, 2.75) is 25.5 Å². The minimum absolute atomic E-state index is 0.188. The van der Waals surface area contributed by atoms with E-state index in [1.807, 2.05) is 17.9 Å². The Morgan fingerprint density at radius 3 is 2.95 bits per heavy atom. The summed E-state index contributed by atoms with van der Waals surface area (Å²) in [6.45, 7) is 2.24. The van der Waals surface area contributed by atoms with Crippen LogP contribution in [0, 0.1) is 24.1 Å². The Kier molecular flexibility index (Phi) is 3.78. The molecule has 1 aromatic carbocycles. The number of halogens is 1. The lowest BCUT2D eigenvalue weighted by Gasteiger charge is -2.27. The van der Waals surface area contributed by atoms with Gasteiger partial charge in [-0.2, -0.15) is 5.26 Å². The maximum atomic E-state index is 13.5. The average molecular weight is 297 g/mol. The Balaban J connectivity index is 2.06. The van der Waals surface area contributed by atoms with Gasteiger partial charge in [0.1, 0.15) is 17.7 Å². The van der Waals surface area contributed by atoms with Crippen LogP contribution in [-0.4, -0.2) is 22.7 Å². The summed E-state index contributed by atoms with van der Waals surface area (Å²) in [5.41, 5.74) is 2.12. The van der Waals surface area contributed by atoms with Crippen LogP contribution in [0.2, 0.25) is 0 Å². The molecule has 1 N–H and O–H groups in total. The summed E-state index contributed by atoms with van der Waals surface area (Å²) in [4.78, 5) is 6.22. The molecule has 0 saturated carbocycles. The normalized spacial score (nSPS) is 20.9. The molecule has 5 heteroatoms. The fraction of sp³-hybridized carbons (Fsp3) is 0.294. The third kappa shape index (κ3) is 2.53. The molecular formula is C17H16FN3O. The number of anilines is 1. The number of nitrogens with zero attached hydrogens (tertiary/aromatic N) is 3. The van der Waals surface area contributed by atoms with Gasteiger partial charge in [0.2, 0.25) is 0 Å². The highest BCUT2D eigenvalue weighted by molar-refractivity contribution is 5.59. The molecule has 0 unspecified atom stereocenters. The standard InChI is InChI=1S/C17H16FN3O/c1-11-5-6-20-17(15(11)9-19)21-10-14(22)8-16(21)12-3-2-4-13(18)7-12/h2-7,14,16,22H,8,10H2,1H3/t14-,16+/m0/s1. The summed E-state index contributed by atoms with van der Waals surface area (Å²) in [5.74, 6) is 0.241. The predicted octanol–water partition coefficient (Wildman–Crippen LogP) is 2.71. The SMILES string of the molecule is Cc1ccnc(N2C[C@@H](O)C[C@@H]2c2cccc(F)c2)c1C#N. The summed E-state index contributed by atoms with van der Waals surface area (Å²) in [6.07, 6.45) is 1.62. The van der Waals surface area contributed by atoms with Crippen molar-refractivity contribution in [1.29, 1.82) is 5.26 Å². The Morgan fingerprint density at radius 1 is 1.41 bits per heavy atom. The molecule has 0 spiro atoms. The van der Waals surface area contributed by atoms with E-state index >= 15 is 0 Å². The maximum absolute atomic E-state index is 13.5. The fourth-order valence-corrected chi connectivity index (χ4v) is 2.98. The molecular weight excluding hydrogens is 281 g/mol. The Bertz CT molecular complexity index is 741. The minimum atomic E-state index is -0.526. The molecule has 1 aliphatic rings. The Hall–Kier alpha value is -2.45. The van der Waals surface area contributed by atoms with Crippen LogP contribution in [0.15, 0.2) is 36.5 Å². The number of benzene rings is 1. The molecule has 1 saturated heterocycles. The molecule has 0 amide bonds. The van der Waals surface area contributed by atoms with Crippen LogP contribution in [0.1, 0.15) is 29.2 Å². The Labute approximate surface area is 128 Å². The molecule has 1 fully saturated rings. The van der Waals surface area contributed by atoms with Crippen molar-refractivity contribution < 1.29 is 9.50 Å². The number of aromatic nitrogens is 1. The predicted molar refractivity (Wildman–Crippen MR) is 80.8 cm³/mol. The van der Waals surface area contributed by atoms with Gasteiger partial charge >= 0.3 is 0 Å². The van der Waals surface area contributed by atoms with E-state index in [2.05, 4.69) is 11.1 Å². The first-order chi connectivity index (χ1) is 10.6. The molecule has 3 rings (SSSR count). The van der Waals surface area contributed by atoms with Crippen molar-refractivity contribution in [2.24, 2.45) is 0 Å². The number of pyridine rings is 1. The van der Waals surface area contributed by atoms with Crippen molar-refractivity contribution >= 4 is 5.82 Å². The highest BCUT2D eigenvalue weighted by Gasteiger charge is 2.34. The number of rotatable bonds is 2. The topological polar surface area (TPSA) is 60.1 Å². The van der Waals surface area contributed by atoms with E-state index in [-0.39, 0.29) is 11.9 Å². The summed E-state index contributed by atoms with van der Waals surface area (Å²) in [7, 11) is 0. The minimum Gasteiger partial charge on any atom is -0.391 e. The number of nitriles is 1. The van der Waals surface area contributed by atoms with E-state index in [1.165, 1.54) is 12.1 Å². The first kappa shape index (κ1) is 14.5. The van der Waals surface area contributed by atoms with Crippen LogP contribution in [0.25, 0.3) is 0 Å².